The molecule has 3 atom stereocenters. The smallest absolute Gasteiger partial charge is 0.335 e. The van der Waals surface area contributed by atoms with Crippen molar-refractivity contribution in [2.24, 2.45) is 0 Å². The van der Waals surface area contributed by atoms with Crippen LogP contribution in [-0.2, 0) is 16.1 Å². The number of benzene rings is 3. The largest absolute Gasteiger partial charge is 0.486 e. The minimum absolute atomic E-state index is 0.00277. The van der Waals surface area contributed by atoms with E-state index in [2.05, 4.69) is 21.8 Å². The molecule has 0 saturated heterocycles. The third-order valence-electron chi connectivity index (χ3n) is 7.22. The van der Waals surface area contributed by atoms with Gasteiger partial charge >= 0.3 is 5.97 Å². The SMILES string of the molecule is CNC(C)C(=O)NC1C(=O)N(Cc2cccc3c2cnn3-c2ccc(C(=O)O)cc2C#N)c2ccccc2OC1C. The van der Waals surface area contributed by atoms with Crippen LogP contribution in [-0.4, -0.2) is 57.9 Å². The van der Waals surface area contributed by atoms with Gasteiger partial charge < -0.3 is 25.4 Å². The first-order valence-electron chi connectivity index (χ1n) is 13.0. The summed E-state index contributed by atoms with van der Waals surface area (Å²) >= 11 is 0. The number of hydrogen-bond donors (Lipinski definition) is 3. The molecular formula is C30H28N6O5. The van der Waals surface area contributed by atoms with E-state index >= 15 is 0 Å². The molecule has 41 heavy (non-hydrogen) atoms. The normalized spacial score (nSPS) is 17.2. The standard InChI is InChI=1S/C30H28N6O5/c1-17(32-3)28(37)34-27-18(2)41-26-10-5-4-8-25(26)35(29(27)38)16-20-7-6-9-24-22(20)15-33-36(24)23-12-11-19(30(39)40)13-21(23)14-31/h4-13,15,17-18,27,32H,16H2,1-3H3,(H,34,37)(H,39,40). The number of rotatable bonds is 7. The molecule has 3 N–H and O–H groups in total. The Morgan fingerprint density at radius 3 is 2.66 bits per heavy atom. The Kier molecular flexibility index (Phi) is 7.42. The van der Waals surface area contributed by atoms with Gasteiger partial charge in [0.2, 0.25) is 5.91 Å². The van der Waals surface area contributed by atoms with Gasteiger partial charge in [0, 0.05) is 5.39 Å². The lowest BCUT2D eigenvalue weighted by atomic mass is 10.1. The maximum atomic E-state index is 14.0. The van der Waals surface area contributed by atoms with E-state index in [1.807, 2.05) is 30.3 Å². The van der Waals surface area contributed by atoms with Crippen LogP contribution >= 0.6 is 0 Å². The molecule has 3 aromatic carbocycles. The fraction of sp³-hybridized carbons (Fsp3) is 0.233. The van der Waals surface area contributed by atoms with E-state index < -0.39 is 24.2 Å². The Morgan fingerprint density at radius 2 is 1.93 bits per heavy atom. The fourth-order valence-corrected chi connectivity index (χ4v) is 4.84. The number of aromatic nitrogens is 2. The van der Waals surface area contributed by atoms with E-state index in [9.17, 15) is 24.8 Å². The fourth-order valence-electron chi connectivity index (χ4n) is 4.84. The Balaban J connectivity index is 1.55. The highest BCUT2D eigenvalue weighted by Crippen LogP contribution is 2.35. The molecule has 1 aromatic heterocycles. The van der Waals surface area contributed by atoms with Crippen molar-refractivity contribution < 1.29 is 24.2 Å². The minimum Gasteiger partial charge on any atom is -0.486 e. The van der Waals surface area contributed by atoms with Crippen LogP contribution < -0.4 is 20.3 Å². The molecule has 0 radical (unpaired) electrons. The number of ether oxygens (including phenoxy) is 1. The number of carboxylic acid groups (broad SMARTS) is 1. The van der Waals surface area contributed by atoms with Crippen LogP contribution in [0.25, 0.3) is 16.6 Å². The van der Waals surface area contributed by atoms with Crippen molar-refractivity contribution in [2.45, 2.75) is 38.6 Å². The van der Waals surface area contributed by atoms with Crippen molar-refractivity contribution in [2.75, 3.05) is 11.9 Å². The first-order chi connectivity index (χ1) is 19.7. The Morgan fingerprint density at radius 1 is 1.15 bits per heavy atom. The zero-order valence-electron chi connectivity index (χ0n) is 22.7. The van der Waals surface area contributed by atoms with Gasteiger partial charge in [-0.2, -0.15) is 10.4 Å². The first-order valence-corrected chi connectivity index (χ1v) is 13.0. The highest BCUT2D eigenvalue weighted by Gasteiger charge is 2.38. The second-order valence-electron chi connectivity index (χ2n) is 9.77. The predicted molar refractivity (Wildman–Crippen MR) is 151 cm³/mol. The maximum Gasteiger partial charge on any atom is 0.335 e. The van der Waals surface area contributed by atoms with E-state index in [0.29, 0.717) is 22.6 Å². The maximum absolute atomic E-state index is 14.0. The monoisotopic (exact) mass is 552 g/mol. The van der Waals surface area contributed by atoms with Crippen molar-refractivity contribution in [3.63, 3.8) is 0 Å². The molecule has 208 valence electrons. The number of para-hydroxylation sites is 2. The summed E-state index contributed by atoms with van der Waals surface area (Å²) in [5.41, 5.74) is 2.63. The van der Waals surface area contributed by atoms with Gasteiger partial charge in [-0.3, -0.25) is 9.59 Å². The number of amides is 2. The lowest BCUT2D eigenvalue weighted by molar-refractivity contribution is -0.130. The molecule has 1 aliphatic rings. The summed E-state index contributed by atoms with van der Waals surface area (Å²) in [5.74, 6) is -1.25. The highest BCUT2D eigenvalue weighted by atomic mass is 16.5. The first kappa shape index (κ1) is 27.4. The number of carbonyl (C=O) groups excluding carboxylic acids is 2. The van der Waals surface area contributed by atoms with Gasteiger partial charge in [0.15, 0.2) is 0 Å². The van der Waals surface area contributed by atoms with Gasteiger partial charge in [0.05, 0.1) is 46.8 Å². The molecule has 1 aliphatic heterocycles. The summed E-state index contributed by atoms with van der Waals surface area (Å²) < 4.78 is 7.71. The van der Waals surface area contributed by atoms with Gasteiger partial charge in [0.1, 0.15) is 24.0 Å². The summed E-state index contributed by atoms with van der Waals surface area (Å²) in [6.45, 7) is 3.62. The molecular weight excluding hydrogens is 524 g/mol. The number of fused-ring (bicyclic) bond motifs is 2. The molecule has 0 spiro atoms. The van der Waals surface area contributed by atoms with Crippen molar-refractivity contribution in [3.8, 4) is 17.5 Å². The van der Waals surface area contributed by atoms with Crippen LogP contribution in [0.1, 0.15) is 35.3 Å². The van der Waals surface area contributed by atoms with Gasteiger partial charge in [0.25, 0.3) is 5.91 Å². The number of nitriles is 1. The molecule has 0 aliphatic carbocycles. The van der Waals surface area contributed by atoms with Crippen LogP contribution in [0.5, 0.6) is 5.75 Å². The highest BCUT2D eigenvalue weighted by molar-refractivity contribution is 6.02. The summed E-state index contributed by atoms with van der Waals surface area (Å²) in [6.07, 6.45) is 1.02. The van der Waals surface area contributed by atoms with Gasteiger partial charge in [-0.1, -0.05) is 24.3 Å². The molecule has 11 heteroatoms. The van der Waals surface area contributed by atoms with Crippen LogP contribution in [0, 0.1) is 11.3 Å². The molecule has 2 heterocycles. The molecule has 5 rings (SSSR count). The topological polar surface area (TPSA) is 150 Å². The minimum atomic E-state index is -1.13. The number of anilines is 1. The summed E-state index contributed by atoms with van der Waals surface area (Å²) in [4.78, 5) is 39.8. The summed E-state index contributed by atoms with van der Waals surface area (Å²) in [6, 6.07) is 17.7. The van der Waals surface area contributed by atoms with Gasteiger partial charge in [-0.25, -0.2) is 9.48 Å². The van der Waals surface area contributed by atoms with Crippen molar-refractivity contribution in [1.82, 2.24) is 20.4 Å². The number of hydrogen-bond acceptors (Lipinski definition) is 7. The van der Waals surface area contributed by atoms with E-state index in [1.54, 1.807) is 54.9 Å². The van der Waals surface area contributed by atoms with Crippen LogP contribution in [0.4, 0.5) is 5.69 Å². The van der Waals surface area contributed by atoms with Crippen LogP contribution in [0.3, 0.4) is 0 Å². The van der Waals surface area contributed by atoms with Gasteiger partial charge in [-0.15, -0.1) is 0 Å². The number of carboxylic acids is 1. The number of aromatic carboxylic acids is 1. The third kappa shape index (κ3) is 5.08. The average molecular weight is 553 g/mol. The number of likely N-dealkylation sites (N-methyl/N-ethyl adjacent to an activating group) is 1. The van der Waals surface area contributed by atoms with E-state index in [4.69, 9.17) is 4.74 Å². The van der Waals surface area contributed by atoms with Gasteiger partial charge in [-0.05, 0) is 62.9 Å². The van der Waals surface area contributed by atoms with E-state index in [-0.39, 0.29) is 29.5 Å². The predicted octanol–water partition coefficient (Wildman–Crippen LogP) is 3.00. The number of nitrogens with zero attached hydrogens (tertiary/aromatic N) is 4. The number of carbonyl (C=O) groups is 3. The molecule has 0 fully saturated rings. The van der Waals surface area contributed by atoms with Crippen LogP contribution in [0.2, 0.25) is 0 Å². The molecule has 11 nitrogen and oxygen atoms in total. The zero-order valence-corrected chi connectivity index (χ0v) is 22.7. The second kappa shape index (κ2) is 11.1. The van der Waals surface area contributed by atoms with Crippen LogP contribution in [0.15, 0.2) is 66.9 Å². The van der Waals surface area contributed by atoms with E-state index in [0.717, 1.165) is 10.9 Å². The number of nitrogens with one attached hydrogen (secondary N) is 2. The van der Waals surface area contributed by atoms with Crippen molar-refractivity contribution in [1.29, 1.82) is 5.26 Å². The zero-order chi connectivity index (χ0) is 29.3. The van der Waals surface area contributed by atoms with E-state index in [1.165, 1.54) is 12.1 Å². The molecule has 3 unspecified atom stereocenters. The summed E-state index contributed by atoms with van der Waals surface area (Å²) in [7, 11) is 1.67. The Bertz CT molecular complexity index is 1710. The average Bonchev–Trinajstić information content (AvgIpc) is 3.38. The molecule has 4 aromatic rings. The second-order valence-corrected chi connectivity index (χ2v) is 9.77. The van der Waals surface area contributed by atoms with Crippen molar-refractivity contribution >= 4 is 34.4 Å². The molecule has 0 saturated carbocycles. The molecule has 0 bridgehead atoms. The molecule has 2 amide bonds. The Hall–Kier alpha value is -5.21. The quantitative estimate of drug-likeness (QED) is 0.317. The van der Waals surface area contributed by atoms with Crippen molar-refractivity contribution in [3.05, 3.63) is 83.6 Å². The lowest BCUT2D eigenvalue weighted by Crippen LogP contribution is -2.56. The Labute approximate surface area is 235 Å². The third-order valence-corrected chi connectivity index (χ3v) is 7.22. The summed E-state index contributed by atoms with van der Waals surface area (Å²) in [5, 5.41) is 30.0. The lowest BCUT2D eigenvalue weighted by Gasteiger charge is -2.27.